The number of ether oxygens (including phenoxy) is 3. The fourth-order valence-corrected chi connectivity index (χ4v) is 2.07. The molecule has 0 spiro atoms. The Morgan fingerprint density at radius 2 is 2.10 bits per heavy atom. The fourth-order valence-electron chi connectivity index (χ4n) is 1.37. The van der Waals surface area contributed by atoms with Crippen molar-refractivity contribution < 1.29 is 32.2 Å². The van der Waals surface area contributed by atoms with E-state index in [0.717, 1.165) is 6.20 Å². The third-order valence-electron chi connectivity index (χ3n) is 2.11. The molecule has 0 aromatic carbocycles. The highest BCUT2D eigenvalue weighted by atomic mass is 127. The normalized spacial score (nSPS) is 11.1. The van der Waals surface area contributed by atoms with Gasteiger partial charge in [-0.3, -0.25) is 4.79 Å². The summed E-state index contributed by atoms with van der Waals surface area (Å²) < 4.78 is 50.3. The van der Waals surface area contributed by atoms with Gasteiger partial charge in [-0.2, -0.15) is 0 Å². The smallest absolute Gasteiger partial charge is 0.495 e. The quantitative estimate of drug-likeness (QED) is 0.557. The molecular weight excluding hydrogens is 394 g/mol. The molecule has 0 amide bonds. The molecule has 1 aromatic heterocycles. The summed E-state index contributed by atoms with van der Waals surface area (Å²) in [6.07, 6.45) is -4.02. The number of carbonyl (C=O) groups excluding carboxylic acids is 1. The van der Waals surface area contributed by atoms with Crippen LogP contribution in [0.5, 0.6) is 11.6 Å². The van der Waals surface area contributed by atoms with Crippen molar-refractivity contribution in [2.45, 2.75) is 19.7 Å². The second-order valence-electron chi connectivity index (χ2n) is 3.45. The van der Waals surface area contributed by atoms with Gasteiger partial charge in [0.25, 0.3) is 0 Å². The highest BCUT2D eigenvalue weighted by Crippen LogP contribution is 2.33. The predicted octanol–water partition coefficient (Wildman–Crippen LogP) is 2.70. The first-order valence-corrected chi connectivity index (χ1v) is 6.49. The summed E-state index contributed by atoms with van der Waals surface area (Å²) in [5.41, 5.74) is 0.237. The summed E-state index contributed by atoms with van der Waals surface area (Å²) in [5, 5.41) is 0. The Morgan fingerprint density at radius 1 is 1.45 bits per heavy atom. The van der Waals surface area contributed by atoms with E-state index in [2.05, 4.69) is 9.72 Å². The molecule has 9 heteroatoms. The first-order chi connectivity index (χ1) is 9.28. The zero-order chi connectivity index (χ0) is 15.3. The number of halogens is 4. The van der Waals surface area contributed by atoms with E-state index in [0.29, 0.717) is 0 Å². The Balaban J connectivity index is 3.12. The largest absolute Gasteiger partial charge is 0.574 e. The van der Waals surface area contributed by atoms with Crippen LogP contribution in [0.25, 0.3) is 0 Å². The molecule has 0 N–H and O–H groups in total. The fraction of sp³-hybridized carbons (Fsp3) is 0.455. The average Bonchev–Trinajstić information content (AvgIpc) is 2.33. The molecule has 0 unspecified atom stereocenters. The number of methoxy groups -OCH3 is 1. The summed E-state index contributed by atoms with van der Waals surface area (Å²) in [4.78, 5) is 15.0. The Bertz CT molecular complexity index is 493. The number of alkyl halides is 3. The van der Waals surface area contributed by atoms with Gasteiger partial charge < -0.3 is 14.2 Å². The van der Waals surface area contributed by atoms with E-state index in [9.17, 15) is 18.0 Å². The molecule has 0 bridgehead atoms. The average molecular weight is 405 g/mol. The number of rotatable bonds is 5. The summed E-state index contributed by atoms with van der Waals surface area (Å²) in [7, 11) is 1.33. The van der Waals surface area contributed by atoms with Crippen molar-refractivity contribution in [3.63, 3.8) is 0 Å². The maximum absolute atomic E-state index is 12.2. The minimum Gasteiger partial charge on any atom is -0.495 e. The van der Waals surface area contributed by atoms with Crippen molar-refractivity contribution in [3.8, 4) is 11.6 Å². The molecule has 0 saturated heterocycles. The molecule has 1 rings (SSSR count). The first-order valence-electron chi connectivity index (χ1n) is 5.41. The van der Waals surface area contributed by atoms with E-state index in [1.807, 2.05) is 0 Å². The van der Waals surface area contributed by atoms with Gasteiger partial charge in [0.1, 0.15) is 5.75 Å². The van der Waals surface area contributed by atoms with Crippen molar-refractivity contribution in [1.82, 2.24) is 4.98 Å². The first kappa shape index (κ1) is 16.8. The van der Waals surface area contributed by atoms with E-state index in [1.54, 1.807) is 29.5 Å². The van der Waals surface area contributed by atoms with Gasteiger partial charge in [0, 0.05) is 5.56 Å². The standard InChI is InChI=1S/C11H11F3INO4/c1-3-19-8(17)4-6-7(18-2)5-16-10(9(6)15)20-11(12,13)14/h5H,3-4H2,1-2H3. The van der Waals surface area contributed by atoms with Crippen LogP contribution < -0.4 is 9.47 Å². The maximum Gasteiger partial charge on any atom is 0.574 e. The highest BCUT2D eigenvalue weighted by molar-refractivity contribution is 14.1. The molecule has 1 aromatic rings. The molecule has 5 nitrogen and oxygen atoms in total. The maximum atomic E-state index is 12.2. The van der Waals surface area contributed by atoms with E-state index in [4.69, 9.17) is 9.47 Å². The van der Waals surface area contributed by atoms with Crippen molar-refractivity contribution >= 4 is 28.6 Å². The van der Waals surface area contributed by atoms with Crippen molar-refractivity contribution in [3.05, 3.63) is 15.3 Å². The minimum absolute atomic E-state index is 0.0485. The van der Waals surface area contributed by atoms with Gasteiger partial charge in [-0.05, 0) is 29.5 Å². The number of pyridine rings is 1. The van der Waals surface area contributed by atoms with Crippen LogP contribution in [0.1, 0.15) is 12.5 Å². The SMILES string of the molecule is CCOC(=O)Cc1c(OC)cnc(OC(F)(F)F)c1I. The molecule has 0 aliphatic carbocycles. The summed E-state index contributed by atoms with van der Waals surface area (Å²) in [6, 6.07) is 0. The lowest BCUT2D eigenvalue weighted by molar-refractivity contribution is -0.276. The Labute approximate surface area is 126 Å². The van der Waals surface area contributed by atoms with Crippen LogP contribution in [-0.2, 0) is 16.0 Å². The predicted molar refractivity (Wildman–Crippen MR) is 70.5 cm³/mol. The van der Waals surface area contributed by atoms with Gasteiger partial charge >= 0.3 is 12.3 Å². The van der Waals surface area contributed by atoms with Crippen LogP contribution in [0.3, 0.4) is 0 Å². The molecule has 0 aliphatic heterocycles. The molecule has 0 radical (unpaired) electrons. The topological polar surface area (TPSA) is 57.7 Å². The number of esters is 1. The molecule has 0 atom stereocenters. The summed E-state index contributed by atoms with van der Waals surface area (Å²) >= 11 is 1.62. The second-order valence-corrected chi connectivity index (χ2v) is 4.53. The van der Waals surface area contributed by atoms with Crippen molar-refractivity contribution in [2.24, 2.45) is 0 Å². The number of aromatic nitrogens is 1. The zero-order valence-electron chi connectivity index (χ0n) is 10.6. The lowest BCUT2D eigenvalue weighted by Gasteiger charge is -2.14. The molecule has 0 aliphatic rings. The van der Waals surface area contributed by atoms with Crippen LogP contribution >= 0.6 is 22.6 Å². The van der Waals surface area contributed by atoms with Gasteiger partial charge in [0.2, 0.25) is 5.88 Å². The third kappa shape index (κ3) is 4.69. The van der Waals surface area contributed by atoms with Crippen LogP contribution in [0.2, 0.25) is 0 Å². The van der Waals surface area contributed by atoms with Crippen LogP contribution in [-0.4, -0.2) is 31.0 Å². The van der Waals surface area contributed by atoms with E-state index < -0.39 is 18.2 Å². The molecule has 20 heavy (non-hydrogen) atoms. The second kappa shape index (κ2) is 6.95. The van der Waals surface area contributed by atoms with Gasteiger partial charge in [0.15, 0.2) is 0 Å². The molecule has 0 saturated carbocycles. The van der Waals surface area contributed by atoms with Crippen LogP contribution in [0.15, 0.2) is 6.20 Å². The summed E-state index contributed by atoms with van der Waals surface area (Å²) in [6.45, 7) is 1.81. The lowest BCUT2D eigenvalue weighted by atomic mass is 10.2. The van der Waals surface area contributed by atoms with Gasteiger partial charge in [-0.1, -0.05) is 0 Å². The Hall–Kier alpha value is -1.26. The van der Waals surface area contributed by atoms with Crippen LogP contribution in [0, 0.1) is 3.57 Å². The Morgan fingerprint density at radius 3 is 2.60 bits per heavy atom. The van der Waals surface area contributed by atoms with Crippen LogP contribution in [0.4, 0.5) is 13.2 Å². The summed E-state index contributed by atoms with van der Waals surface area (Å²) in [5.74, 6) is -1.01. The molecule has 0 fully saturated rings. The number of hydrogen-bond acceptors (Lipinski definition) is 5. The lowest BCUT2D eigenvalue weighted by Crippen LogP contribution is -2.19. The Kier molecular flexibility index (Phi) is 5.84. The van der Waals surface area contributed by atoms with E-state index >= 15 is 0 Å². The monoisotopic (exact) mass is 405 g/mol. The van der Waals surface area contributed by atoms with Gasteiger partial charge in [0.05, 0.1) is 29.9 Å². The minimum atomic E-state index is -4.86. The van der Waals surface area contributed by atoms with E-state index in [1.165, 1.54) is 7.11 Å². The van der Waals surface area contributed by atoms with Gasteiger partial charge in [-0.15, -0.1) is 13.2 Å². The van der Waals surface area contributed by atoms with Crippen molar-refractivity contribution in [2.75, 3.05) is 13.7 Å². The van der Waals surface area contributed by atoms with Gasteiger partial charge in [-0.25, -0.2) is 4.98 Å². The number of nitrogens with zero attached hydrogens (tertiary/aromatic N) is 1. The molecular formula is C11H11F3INO4. The highest BCUT2D eigenvalue weighted by Gasteiger charge is 2.33. The number of carbonyl (C=O) groups is 1. The third-order valence-corrected chi connectivity index (χ3v) is 3.22. The van der Waals surface area contributed by atoms with E-state index in [-0.39, 0.29) is 27.9 Å². The zero-order valence-corrected chi connectivity index (χ0v) is 12.7. The molecule has 112 valence electrons. The molecule has 1 heterocycles. The van der Waals surface area contributed by atoms with Crippen molar-refractivity contribution in [1.29, 1.82) is 0 Å². The number of hydrogen-bond donors (Lipinski definition) is 0.